The number of allylic oxidation sites excluding steroid dienone is 1. The van der Waals surface area contributed by atoms with Crippen molar-refractivity contribution in [3.05, 3.63) is 47.5 Å². The largest absolute Gasteiger partial charge is 0.567 e. The van der Waals surface area contributed by atoms with Crippen LogP contribution < -0.4 is 0 Å². The predicted molar refractivity (Wildman–Crippen MR) is 81.0 cm³/mol. The molecule has 2 nitrogen and oxygen atoms in total. The van der Waals surface area contributed by atoms with Gasteiger partial charge in [0.25, 0.3) is 0 Å². The number of hydrogen-bond donors (Lipinski definition) is 0. The molecule has 0 unspecified atom stereocenters. The van der Waals surface area contributed by atoms with Crippen LogP contribution in [0.3, 0.4) is 0 Å². The number of ether oxygens (including phenoxy) is 1. The van der Waals surface area contributed by atoms with Gasteiger partial charge in [-0.25, -0.2) is 0 Å². The van der Waals surface area contributed by atoms with E-state index in [1.807, 2.05) is 20.8 Å². The summed E-state index contributed by atoms with van der Waals surface area (Å²) < 4.78 is 5.95. The van der Waals surface area contributed by atoms with Crippen LogP contribution >= 0.6 is 0 Å². The Morgan fingerprint density at radius 3 is 2.45 bits per heavy atom. The molecule has 0 N–H and O–H groups in total. The Hall–Kier alpha value is -0.596. The van der Waals surface area contributed by atoms with Crippen LogP contribution in [0.2, 0.25) is 0 Å². The fourth-order valence-electron chi connectivity index (χ4n) is 2.23. The van der Waals surface area contributed by atoms with Gasteiger partial charge in [-0.2, -0.15) is 0 Å². The standard InChI is InChI=1S/C15H16NO.C2H6.Y/c1-10-15(2,3)17-14(16-10)13-9-8-11-6-4-5-7-12(11)13;1-2;/h4-7,9H,8H2,1-3H3;1-2H3;/q-1;;. The van der Waals surface area contributed by atoms with Gasteiger partial charge in [-0.05, 0) is 37.0 Å². The molecule has 0 amide bonds. The SMILES string of the molecule is CC.C[C-]1N=C(C2=CCc3ccccc32)OC1(C)C.[Y]. The van der Waals surface area contributed by atoms with Crippen LogP contribution in [0, 0.1) is 6.04 Å². The smallest absolute Gasteiger partial charge is 0.0612 e. The van der Waals surface area contributed by atoms with E-state index in [2.05, 4.69) is 49.2 Å². The predicted octanol–water partition coefficient (Wildman–Crippen LogP) is 4.41. The molecular formula is C17H22NOY-. The first-order valence-corrected chi connectivity index (χ1v) is 6.98. The number of hydrogen-bond acceptors (Lipinski definition) is 2. The molecule has 2 aliphatic rings. The zero-order valence-electron chi connectivity index (χ0n) is 13.0. The monoisotopic (exact) mass is 345 g/mol. The second-order valence-electron chi connectivity index (χ2n) is 5.09. The number of benzene rings is 1. The molecular weight excluding hydrogens is 323 g/mol. The molecule has 1 aromatic carbocycles. The van der Waals surface area contributed by atoms with Crippen molar-refractivity contribution in [2.24, 2.45) is 4.99 Å². The van der Waals surface area contributed by atoms with E-state index in [-0.39, 0.29) is 38.3 Å². The van der Waals surface area contributed by atoms with Crippen LogP contribution in [0.4, 0.5) is 0 Å². The van der Waals surface area contributed by atoms with Crippen molar-refractivity contribution < 1.29 is 37.4 Å². The molecule has 20 heavy (non-hydrogen) atoms. The van der Waals surface area contributed by atoms with Gasteiger partial charge in [-0.15, -0.1) is 0 Å². The van der Waals surface area contributed by atoms with E-state index in [0.717, 1.165) is 23.9 Å². The van der Waals surface area contributed by atoms with E-state index >= 15 is 0 Å². The first-order chi connectivity index (χ1) is 9.08. The van der Waals surface area contributed by atoms with Crippen LogP contribution in [0.15, 0.2) is 35.3 Å². The van der Waals surface area contributed by atoms with Gasteiger partial charge in [0.1, 0.15) is 0 Å². The Labute approximate surface area is 147 Å². The Balaban J connectivity index is 0.000000639. The van der Waals surface area contributed by atoms with Crippen molar-refractivity contribution >= 4 is 11.5 Å². The third-order valence-corrected chi connectivity index (χ3v) is 3.56. The maximum absolute atomic E-state index is 5.95. The van der Waals surface area contributed by atoms with Crippen LogP contribution in [-0.4, -0.2) is 11.5 Å². The van der Waals surface area contributed by atoms with Gasteiger partial charge >= 0.3 is 0 Å². The first kappa shape index (κ1) is 17.5. The molecule has 0 fully saturated rings. The molecule has 0 saturated heterocycles. The summed E-state index contributed by atoms with van der Waals surface area (Å²) in [6.07, 6.45) is 3.19. The Morgan fingerprint density at radius 1 is 1.20 bits per heavy atom. The number of aliphatic imine (C=N–C) groups is 1. The van der Waals surface area contributed by atoms with Crippen LogP contribution in [0.1, 0.15) is 45.7 Å². The molecule has 1 heterocycles. The Kier molecular flexibility index (Phi) is 6.03. The third-order valence-electron chi connectivity index (χ3n) is 3.56. The first-order valence-electron chi connectivity index (χ1n) is 6.98. The van der Waals surface area contributed by atoms with E-state index in [9.17, 15) is 0 Å². The molecule has 1 aliphatic carbocycles. The van der Waals surface area contributed by atoms with E-state index in [0.29, 0.717) is 0 Å². The minimum atomic E-state index is -0.270. The van der Waals surface area contributed by atoms with Crippen molar-refractivity contribution in [1.29, 1.82) is 0 Å². The van der Waals surface area contributed by atoms with Crippen molar-refractivity contribution in [1.82, 2.24) is 0 Å². The van der Waals surface area contributed by atoms with E-state index in [4.69, 9.17) is 4.74 Å². The van der Waals surface area contributed by atoms with Gasteiger partial charge in [0.05, 0.1) is 11.5 Å². The van der Waals surface area contributed by atoms with Crippen LogP contribution in [0.5, 0.6) is 0 Å². The normalized spacial score (nSPS) is 17.9. The maximum Gasteiger partial charge on any atom is 0.0612 e. The molecule has 3 rings (SSSR count). The van der Waals surface area contributed by atoms with Crippen molar-refractivity contribution in [2.45, 2.75) is 46.6 Å². The summed E-state index contributed by atoms with van der Waals surface area (Å²) in [5, 5.41) is 0. The average molecular weight is 345 g/mol. The number of fused-ring (bicyclic) bond motifs is 1. The van der Waals surface area contributed by atoms with Crippen molar-refractivity contribution in [3.8, 4) is 0 Å². The number of nitrogens with zero attached hydrogens (tertiary/aromatic N) is 1. The summed E-state index contributed by atoms with van der Waals surface area (Å²) in [6, 6.07) is 9.48. The third kappa shape index (κ3) is 3.18. The fourth-order valence-corrected chi connectivity index (χ4v) is 2.23. The second kappa shape index (κ2) is 6.91. The maximum atomic E-state index is 5.95. The summed E-state index contributed by atoms with van der Waals surface area (Å²) in [4.78, 5) is 4.56. The summed E-state index contributed by atoms with van der Waals surface area (Å²) in [7, 11) is 0. The summed E-state index contributed by atoms with van der Waals surface area (Å²) in [6.45, 7) is 10.1. The average Bonchev–Trinajstić information content (AvgIpc) is 2.94. The Bertz CT molecular complexity index is 532. The van der Waals surface area contributed by atoms with Crippen molar-refractivity contribution in [2.75, 3.05) is 0 Å². The summed E-state index contributed by atoms with van der Waals surface area (Å²) >= 11 is 0. The van der Waals surface area contributed by atoms with E-state index < -0.39 is 0 Å². The summed E-state index contributed by atoms with van der Waals surface area (Å²) in [5.41, 5.74) is 3.49. The molecule has 0 aromatic heterocycles. The molecule has 0 atom stereocenters. The van der Waals surface area contributed by atoms with Crippen LogP contribution in [0.25, 0.3) is 5.57 Å². The molecule has 105 valence electrons. The van der Waals surface area contributed by atoms with E-state index in [1.54, 1.807) is 0 Å². The van der Waals surface area contributed by atoms with Gasteiger partial charge in [-0.1, -0.05) is 57.2 Å². The summed E-state index contributed by atoms with van der Waals surface area (Å²) in [5.74, 6) is 0.775. The molecule has 0 spiro atoms. The molecule has 1 radical (unpaired) electrons. The fraction of sp³-hybridized carbons (Fsp3) is 0.412. The zero-order valence-corrected chi connectivity index (χ0v) is 15.9. The minimum absolute atomic E-state index is 0. The molecule has 1 aliphatic heterocycles. The van der Waals surface area contributed by atoms with Gasteiger partial charge in [0, 0.05) is 32.7 Å². The van der Waals surface area contributed by atoms with Crippen LogP contribution in [-0.2, 0) is 43.9 Å². The number of rotatable bonds is 1. The quantitative estimate of drug-likeness (QED) is 0.691. The molecule has 0 bridgehead atoms. The van der Waals surface area contributed by atoms with Gasteiger partial charge in [0.2, 0.25) is 0 Å². The van der Waals surface area contributed by atoms with Gasteiger partial charge in [-0.3, -0.25) is 0 Å². The van der Waals surface area contributed by atoms with Crippen molar-refractivity contribution in [3.63, 3.8) is 0 Å². The van der Waals surface area contributed by atoms with Gasteiger partial charge < -0.3 is 9.73 Å². The molecule has 0 saturated carbocycles. The Morgan fingerprint density at radius 2 is 1.85 bits per heavy atom. The molecule has 1 aromatic rings. The molecule has 3 heteroatoms. The minimum Gasteiger partial charge on any atom is -0.567 e. The topological polar surface area (TPSA) is 21.6 Å². The van der Waals surface area contributed by atoms with Gasteiger partial charge in [0.15, 0.2) is 0 Å². The zero-order chi connectivity index (χ0) is 14.0. The van der Waals surface area contributed by atoms with E-state index in [1.165, 1.54) is 11.1 Å². The second-order valence-corrected chi connectivity index (χ2v) is 5.09.